The van der Waals surface area contributed by atoms with E-state index in [-0.39, 0.29) is 12.2 Å². The zero-order valence-corrected chi connectivity index (χ0v) is 12.7. The fourth-order valence-corrected chi connectivity index (χ4v) is 2.14. The quantitative estimate of drug-likeness (QED) is 0.776. The molecule has 0 aliphatic rings. The molecular weight excluding hydrogens is 331 g/mol. The van der Waals surface area contributed by atoms with Crippen LogP contribution in [-0.2, 0) is 0 Å². The summed E-state index contributed by atoms with van der Waals surface area (Å²) in [6.07, 6.45) is -1.77. The largest absolute Gasteiger partial charge is 0.406 e. The Morgan fingerprint density at radius 1 is 1.39 bits per heavy atom. The van der Waals surface area contributed by atoms with Crippen LogP contribution in [0.3, 0.4) is 0 Å². The molecule has 122 valence electrons. The van der Waals surface area contributed by atoms with Crippen molar-refractivity contribution in [3.8, 4) is 5.69 Å². The van der Waals surface area contributed by atoms with E-state index in [1.807, 2.05) is 0 Å². The van der Waals surface area contributed by atoms with Gasteiger partial charge >= 0.3 is 6.18 Å². The average molecular weight is 344 g/mol. The van der Waals surface area contributed by atoms with Crippen molar-refractivity contribution in [1.29, 1.82) is 0 Å². The molecule has 1 heterocycles. The Hall–Kier alpha value is -2.28. The van der Waals surface area contributed by atoms with E-state index in [9.17, 15) is 18.0 Å². The first-order valence-corrected chi connectivity index (χ1v) is 6.96. The first kappa shape index (κ1) is 17.1. The molecule has 0 saturated carbocycles. The second-order valence-electron chi connectivity index (χ2n) is 4.71. The summed E-state index contributed by atoms with van der Waals surface area (Å²) in [7, 11) is 0. The second-order valence-corrected chi connectivity index (χ2v) is 5.15. The van der Waals surface area contributed by atoms with Crippen LogP contribution < -0.4 is 0 Å². The lowest BCUT2D eigenvalue weighted by molar-refractivity contribution is -0.139. The van der Waals surface area contributed by atoms with Gasteiger partial charge in [-0.1, -0.05) is 23.7 Å². The number of amides is 1. The minimum Gasteiger partial charge on any atom is -0.324 e. The Labute approximate surface area is 135 Å². The monoisotopic (exact) mass is 343 g/mol. The number of hydrogen-bond donors (Lipinski definition) is 0. The smallest absolute Gasteiger partial charge is 0.324 e. The number of alkyl halides is 3. The third-order valence-electron chi connectivity index (χ3n) is 2.89. The van der Waals surface area contributed by atoms with Gasteiger partial charge in [0.05, 0.1) is 5.69 Å². The summed E-state index contributed by atoms with van der Waals surface area (Å²) in [6, 6.07) is 8.07. The first-order valence-electron chi connectivity index (χ1n) is 6.58. The summed E-state index contributed by atoms with van der Waals surface area (Å²) in [5.41, 5.74) is 0.513. The van der Waals surface area contributed by atoms with Crippen LogP contribution in [0, 0.1) is 0 Å². The fourth-order valence-electron chi connectivity index (χ4n) is 1.95. The fraction of sp³-hybridized carbons (Fsp3) is 0.200. The average Bonchev–Trinajstić information content (AvgIpc) is 2.94. The Bertz CT molecular complexity index is 712. The predicted octanol–water partition coefficient (Wildman–Crippen LogP) is 3.72. The van der Waals surface area contributed by atoms with Crippen molar-refractivity contribution in [3.05, 3.63) is 59.9 Å². The molecule has 0 atom stereocenters. The van der Waals surface area contributed by atoms with Crippen LogP contribution in [0.15, 0.2) is 49.2 Å². The van der Waals surface area contributed by atoms with Crippen molar-refractivity contribution < 1.29 is 18.0 Å². The molecule has 0 spiro atoms. The maximum atomic E-state index is 12.6. The van der Waals surface area contributed by atoms with E-state index in [1.165, 1.54) is 23.0 Å². The second kappa shape index (κ2) is 6.87. The number of rotatable bonds is 5. The summed E-state index contributed by atoms with van der Waals surface area (Å²) < 4.78 is 39.0. The van der Waals surface area contributed by atoms with Crippen LogP contribution in [-0.4, -0.2) is 39.9 Å². The van der Waals surface area contributed by atoms with Gasteiger partial charge in [0.25, 0.3) is 5.91 Å². The summed E-state index contributed by atoms with van der Waals surface area (Å²) in [5.74, 6) is -0.817. The molecular formula is C15H13ClF3N3O. The van der Waals surface area contributed by atoms with Crippen LogP contribution >= 0.6 is 11.6 Å². The molecule has 4 nitrogen and oxygen atoms in total. The van der Waals surface area contributed by atoms with Gasteiger partial charge in [0.1, 0.15) is 6.54 Å². The minimum absolute atomic E-state index is 0.0870. The molecule has 1 aromatic heterocycles. The molecule has 0 aliphatic heterocycles. The van der Waals surface area contributed by atoms with Crippen molar-refractivity contribution in [2.45, 2.75) is 6.18 Å². The summed E-state index contributed by atoms with van der Waals surface area (Å²) in [4.78, 5) is 12.8. The van der Waals surface area contributed by atoms with Gasteiger partial charge in [0.2, 0.25) is 0 Å². The molecule has 1 amide bonds. The molecule has 0 fully saturated rings. The minimum atomic E-state index is -4.49. The van der Waals surface area contributed by atoms with E-state index >= 15 is 0 Å². The molecule has 0 unspecified atom stereocenters. The third-order valence-corrected chi connectivity index (χ3v) is 3.12. The van der Waals surface area contributed by atoms with Crippen LogP contribution in [0.2, 0.25) is 5.02 Å². The molecule has 0 radical (unpaired) electrons. The van der Waals surface area contributed by atoms with Gasteiger partial charge < -0.3 is 4.90 Å². The first-order chi connectivity index (χ1) is 10.8. The van der Waals surface area contributed by atoms with Gasteiger partial charge in [-0.2, -0.15) is 18.3 Å². The molecule has 1 aromatic carbocycles. The Morgan fingerprint density at radius 3 is 2.74 bits per heavy atom. The number of aromatic nitrogens is 2. The molecule has 2 rings (SSSR count). The van der Waals surface area contributed by atoms with Gasteiger partial charge in [-0.05, 0) is 24.3 Å². The van der Waals surface area contributed by atoms with Crippen LogP contribution in [0.4, 0.5) is 13.2 Å². The predicted molar refractivity (Wildman–Crippen MR) is 80.7 cm³/mol. The Balaban J connectivity index is 2.23. The highest BCUT2D eigenvalue weighted by Crippen LogP contribution is 2.19. The standard InChI is InChI=1S/C15H13ClF3N3O/c1-2-7-21(10-15(17,18)19)14(23)13-6-8-22(20-13)12-5-3-4-11(16)9-12/h2-6,8-9H,1,7,10H2. The SMILES string of the molecule is C=CCN(CC(F)(F)F)C(=O)c1ccn(-c2cccc(Cl)c2)n1. The van der Waals surface area contributed by atoms with E-state index < -0.39 is 18.6 Å². The highest BCUT2D eigenvalue weighted by Gasteiger charge is 2.33. The van der Waals surface area contributed by atoms with E-state index in [0.29, 0.717) is 15.6 Å². The molecule has 2 aromatic rings. The zero-order chi connectivity index (χ0) is 17.0. The molecule has 0 bridgehead atoms. The molecule has 0 aliphatic carbocycles. The summed E-state index contributed by atoms with van der Waals surface area (Å²) >= 11 is 5.88. The van der Waals surface area contributed by atoms with Crippen molar-refractivity contribution in [3.63, 3.8) is 0 Å². The highest BCUT2D eigenvalue weighted by atomic mass is 35.5. The molecule has 8 heteroatoms. The number of halogens is 4. The number of carbonyl (C=O) groups is 1. The summed E-state index contributed by atoms with van der Waals surface area (Å²) in [6.45, 7) is 1.79. The lowest BCUT2D eigenvalue weighted by Gasteiger charge is -2.21. The van der Waals surface area contributed by atoms with E-state index in [4.69, 9.17) is 11.6 Å². The topological polar surface area (TPSA) is 38.1 Å². The number of nitrogens with zero attached hydrogens (tertiary/aromatic N) is 3. The van der Waals surface area contributed by atoms with Gasteiger partial charge in [0, 0.05) is 17.8 Å². The molecule has 0 saturated heterocycles. The van der Waals surface area contributed by atoms with Crippen LogP contribution in [0.1, 0.15) is 10.5 Å². The normalized spacial score (nSPS) is 11.3. The van der Waals surface area contributed by atoms with Gasteiger partial charge in [-0.15, -0.1) is 6.58 Å². The lowest BCUT2D eigenvalue weighted by atomic mass is 10.3. The van der Waals surface area contributed by atoms with Crippen LogP contribution in [0.25, 0.3) is 5.69 Å². The van der Waals surface area contributed by atoms with Crippen LogP contribution in [0.5, 0.6) is 0 Å². The molecule has 23 heavy (non-hydrogen) atoms. The molecule has 0 N–H and O–H groups in total. The lowest BCUT2D eigenvalue weighted by Crippen LogP contribution is -2.39. The maximum absolute atomic E-state index is 12.6. The van der Waals surface area contributed by atoms with Crippen molar-refractivity contribution in [1.82, 2.24) is 14.7 Å². The highest BCUT2D eigenvalue weighted by molar-refractivity contribution is 6.30. The Morgan fingerprint density at radius 2 is 2.13 bits per heavy atom. The third kappa shape index (κ3) is 4.59. The Kier molecular flexibility index (Phi) is 5.10. The van der Waals surface area contributed by atoms with Gasteiger partial charge in [0.15, 0.2) is 5.69 Å². The van der Waals surface area contributed by atoms with Gasteiger partial charge in [-0.3, -0.25) is 4.79 Å². The van der Waals surface area contributed by atoms with E-state index in [2.05, 4.69) is 11.7 Å². The maximum Gasteiger partial charge on any atom is 0.406 e. The van der Waals surface area contributed by atoms with Crippen molar-refractivity contribution >= 4 is 17.5 Å². The van der Waals surface area contributed by atoms with Crippen molar-refractivity contribution in [2.24, 2.45) is 0 Å². The summed E-state index contributed by atoms with van der Waals surface area (Å²) in [5, 5.41) is 4.50. The van der Waals surface area contributed by atoms with Crippen molar-refractivity contribution in [2.75, 3.05) is 13.1 Å². The number of carbonyl (C=O) groups excluding carboxylic acids is 1. The zero-order valence-electron chi connectivity index (χ0n) is 11.9. The van der Waals surface area contributed by atoms with E-state index in [1.54, 1.807) is 24.3 Å². The van der Waals surface area contributed by atoms with E-state index in [0.717, 1.165) is 0 Å². The van der Waals surface area contributed by atoms with Gasteiger partial charge in [-0.25, -0.2) is 4.68 Å². The number of benzene rings is 1. The number of hydrogen-bond acceptors (Lipinski definition) is 2.